The minimum atomic E-state index is -0.209. The van der Waals surface area contributed by atoms with E-state index in [-0.39, 0.29) is 24.5 Å². The van der Waals surface area contributed by atoms with Gasteiger partial charge in [-0.05, 0) is 54.3 Å². The van der Waals surface area contributed by atoms with Gasteiger partial charge in [-0.1, -0.05) is 62.2 Å². The minimum absolute atomic E-state index is 0.0205. The van der Waals surface area contributed by atoms with Crippen molar-refractivity contribution >= 4 is 29.5 Å². The van der Waals surface area contributed by atoms with Gasteiger partial charge in [0, 0.05) is 22.9 Å². The topological polar surface area (TPSA) is 59.6 Å². The van der Waals surface area contributed by atoms with E-state index in [0.29, 0.717) is 29.5 Å². The Balaban J connectivity index is 1.87. The van der Waals surface area contributed by atoms with Crippen LogP contribution in [0.5, 0.6) is 11.5 Å². The molecule has 0 heterocycles. The molecule has 0 aliphatic rings. The van der Waals surface area contributed by atoms with Crippen LogP contribution in [0.1, 0.15) is 31.9 Å². The summed E-state index contributed by atoms with van der Waals surface area (Å²) in [6, 6.07) is 12.9. The monoisotopic (exact) mass is 474 g/mol. The highest BCUT2D eigenvalue weighted by Crippen LogP contribution is 2.28. The number of ether oxygens (including phenoxy) is 2. The van der Waals surface area contributed by atoms with Crippen molar-refractivity contribution in [3.8, 4) is 23.3 Å². The van der Waals surface area contributed by atoms with Gasteiger partial charge in [-0.25, -0.2) is 0 Å². The molecular weight excluding hydrogens is 444 g/mol. The lowest BCUT2D eigenvalue weighted by atomic mass is 10.0. The van der Waals surface area contributed by atoms with E-state index in [4.69, 9.17) is 21.1 Å². The maximum Gasteiger partial charge on any atom is 0.238 e. The third-order valence-corrected chi connectivity index (χ3v) is 5.58. The van der Waals surface area contributed by atoms with Crippen LogP contribution in [0.15, 0.2) is 42.5 Å². The fourth-order valence-corrected chi connectivity index (χ4v) is 3.73. The Hall–Kier alpha value is -2.33. The molecule has 0 aliphatic heterocycles. The highest BCUT2D eigenvalue weighted by Gasteiger charge is 2.21. The van der Waals surface area contributed by atoms with Gasteiger partial charge < -0.3 is 14.8 Å². The van der Waals surface area contributed by atoms with Gasteiger partial charge in [0.05, 0.1) is 13.2 Å². The summed E-state index contributed by atoms with van der Waals surface area (Å²) >= 11 is 7.44. The van der Waals surface area contributed by atoms with Gasteiger partial charge in [-0.2, -0.15) is 0 Å². The first-order chi connectivity index (χ1) is 15.4. The third kappa shape index (κ3) is 8.66. The number of amides is 1. The molecule has 0 saturated carbocycles. The van der Waals surface area contributed by atoms with Gasteiger partial charge >= 0.3 is 0 Å². The molecule has 0 bridgehead atoms. The van der Waals surface area contributed by atoms with E-state index in [1.807, 2.05) is 44.2 Å². The second-order valence-electron chi connectivity index (χ2n) is 7.40. The predicted octanol–water partition coefficient (Wildman–Crippen LogP) is 4.72. The van der Waals surface area contributed by atoms with Gasteiger partial charge in [0.15, 0.2) is 11.5 Å². The number of nitrogens with one attached hydrogen (secondary N) is 2. The van der Waals surface area contributed by atoms with E-state index in [9.17, 15) is 4.79 Å². The number of benzene rings is 2. The number of halogens is 1. The van der Waals surface area contributed by atoms with Gasteiger partial charge in [0.2, 0.25) is 5.91 Å². The van der Waals surface area contributed by atoms with Crippen LogP contribution in [0, 0.1) is 17.8 Å². The summed E-state index contributed by atoms with van der Waals surface area (Å²) < 4.78 is 14.5. The fourth-order valence-electron chi connectivity index (χ4n) is 2.88. The smallest absolute Gasteiger partial charge is 0.238 e. The quantitative estimate of drug-likeness (QED) is 0.364. The van der Waals surface area contributed by atoms with E-state index in [0.717, 1.165) is 16.9 Å². The molecule has 2 aromatic carbocycles. The fraction of sp³-hybridized carbons (Fsp3) is 0.400. The zero-order valence-electron chi connectivity index (χ0n) is 19.0. The maximum atomic E-state index is 12.5. The van der Waals surface area contributed by atoms with Crippen LogP contribution in [0.25, 0.3) is 0 Å². The molecule has 5 nitrogen and oxygen atoms in total. The molecule has 2 rings (SSSR count). The summed E-state index contributed by atoms with van der Waals surface area (Å²) in [4.78, 5) is 12.5. The Morgan fingerprint density at radius 1 is 1.16 bits per heavy atom. The number of methoxy groups -OCH3 is 1. The second kappa shape index (κ2) is 13.9. The molecule has 7 heteroatoms. The molecule has 1 unspecified atom stereocenters. The molecule has 32 heavy (non-hydrogen) atoms. The second-order valence-corrected chi connectivity index (χ2v) is 8.93. The molecule has 1 amide bonds. The lowest BCUT2D eigenvalue weighted by Gasteiger charge is -2.21. The van der Waals surface area contributed by atoms with E-state index >= 15 is 0 Å². The van der Waals surface area contributed by atoms with E-state index < -0.39 is 0 Å². The Kier molecular flexibility index (Phi) is 11.3. The van der Waals surface area contributed by atoms with Gasteiger partial charge in [0.25, 0.3) is 0 Å². The first kappa shape index (κ1) is 25.9. The van der Waals surface area contributed by atoms with E-state index in [2.05, 4.69) is 28.8 Å². The molecular formula is C25H31ClN2O3S. The molecule has 1 atom stereocenters. The van der Waals surface area contributed by atoms with Crippen LogP contribution in [-0.4, -0.2) is 38.0 Å². The lowest BCUT2D eigenvalue weighted by molar-refractivity contribution is -0.123. The Bertz CT molecular complexity index is 923. The van der Waals surface area contributed by atoms with Crippen molar-refractivity contribution in [1.29, 1.82) is 0 Å². The third-order valence-electron chi connectivity index (χ3n) is 4.62. The molecule has 0 aliphatic carbocycles. The number of hydrogen-bond acceptors (Lipinski definition) is 5. The minimum Gasteiger partial charge on any atom is -0.493 e. The highest BCUT2D eigenvalue weighted by molar-refractivity contribution is 7.97. The molecule has 0 aromatic heterocycles. The van der Waals surface area contributed by atoms with Crippen molar-refractivity contribution in [2.24, 2.45) is 5.92 Å². The van der Waals surface area contributed by atoms with Crippen molar-refractivity contribution in [2.45, 2.75) is 33.2 Å². The summed E-state index contributed by atoms with van der Waals surface area (Å²) in [5.41, 5.74) is 1.93. The van der Waals surface area contributed by atoms with Crippen molar-refractivity contribution in [3.05, 3.63) is 58.6 Å². The van der Waals surface area contributed by atoms with Crippen molar-refractivity contribution < 1.29 is 14.3 Å². The average Bonchev–Trinajstić information content (AvgIpc) is 2.78. The number of carbonyl (C=O) groups excluding carboxylic acids is 1. The van der Waals surface area contributed by atoms with Gasteiger partial charge in [0.1, 0.15) is 6.61 Å². The van der Waals surface area contributed by atoms with Crippen LogP contribution in [-0.2, 0) is 11.2 Å². The summed E-state index contributed by atoms with van der Waals surface area (Å²) in [7, 11) is 1.61. The molecule has 2 N–H and O–H groups in total. The van der Waals surface area contributed by atoms with Crippen LogP contribution in [0.3, 0.4) is 0 Å². The van der Waals surface area contributed by atoms with Crippen LogP contribution >= 0.6 is 23.5 Å². The molecule has 0 radical (unpaired) electrons. The zero-order chi connectivity index (χ0) is 23.3. The molecule has 2 aromatic rings. The number of rotatable bonds is 11. The SMILES string of the molecule is CCSNC(C(=O)NCCc1ccc(OCC#Cc2ccc(Cl)cc2)c(OC)c1)C(C)C. The van der Waals surface area contributed by atoms with Crippen molar-refractivity contribution in [2.75, 3.05) is 26.0 Å². The number of hydrogen-bond donors (Lipinski definition) is 2. The van der Waals surface area contributed by atoms with Crippen LogP contribution < -0.4 is 19.5 Å². The summed E-state index contributed by atoms with van der Waals surface area (Å²) in [6.45, 7) is 6.93. The average molecular weight is 475 g/mol. The van der Waals surface area contributed by atoms with Crippen LogP contribution in [0.4, 0.5) is 0 Å². The molecule has 172 valence electrons. The lowest BCUT2D eigenvalue weighted by Crippen LogP contribution is -2.45. The highest BCUT2D eigenvalue weighted by atomic mass is 35.5. The first-order valence-electron chi connectivity index (χ1n) is 10.6. The molecule has 0 spiro atoms. The normalized spacial score (nSPS) is 11.4. The first-order valence-corrected chi connectivity index (χ1v) is 12.0. The predicted molar refractivity (Wildman–Crippen MR) is 133 cm³/mol. The van der Waals surface area contributed by atoms with Crippen molar-refractivity contribution in [1.82, 2.24) is 10.0 Å². The Labute approximate surface area is 200 Å². The molecule has 0 saturated heterocycles. The van der Waals surface area contributed by atoms with Crippen LogP contribution in [0.2, 0.25) is 5.02 Å². The van der Waals surface area contributed by atoms with Crippen molar-refractivity contribution in [3.63, 3.8) is 0 Å². The summed E-state index contributed by atoms with van der Waals surface area (Å²) in [5, 5.41) is 3.70. The zero-order valence-corrected chi connectivity index (χ0v) is 20.6. The summed E-state index contributed by atoms with van der Waals surface area (Å²) in [5.74, 6) is 8.45. The maximum absolute atomic E-state index is 12.5. The van der Waals surface area contributed by atoms with Gasteiger partial charge in [-0.15, -0.1) is 0 Å². The van der Waals surface area contributed by atoms with Gasteiger partial charge in [-0.3, -0.25) is 9.52 Å². The van der Waals surface area contributed by atoms with E-state index in [1.54, 1.807) is 31.2 Å². The standard InChI is InChI=1S/C25H31ClN2O3S/c1-5-32-28-24(18(2)3)25(29)27-15-14-20-10-13-22(23(17-20)30-4)31-16-6-7-19-8-11-21(26)12-9-19/h8-13,17-18,24,28H,5,14-16H2,1-4H3,(H,27,29). The Morgan fingerprint density at radius 3 is 2.56 bits per heavy atom. The summed E-state index contributed by atoms with van der Waals surface area (Å²) in [6.07, 6.45) is 0.699. The molecule has 0 fully saturated rings. The largest absolute Gasteiger partial charge is 0.493 e. The number of carbonyl (C=O) groups is 1. The van der Waals surface area contributed by atoms with E-state index in [1.165, 1.54) is 0 Å². The Morgan fingerprint density at radius 2 is 1.91 bits per heavy atom.